The van der Waals surface area contributed by atoms with Crippen LogP contribution in [0.4, 0.5) is 4.39 Å². The standard InChI is InChI=1S/C21H22FIO5/c1-25-21-17(22)19(26-13-14-8-4-2-5-9-14)18(16(12-23)27-21)28-20(24)15-10-6-3-7-11-15/h2-11,16-19,21H,12-13H2,1H3/t16-,17-,18-,19-,21?/m1/s1. The van der Waals surface area contributed by atoms with Crippen molar-refractivity contribution in [1.29, 1.82) is 0 Å². The molecular formula is C21H22FIO5. The third kappa shape index (κ3) is 5.08. The van der Waals surface area contributed by atoms with Crippen molar-refractivity contribution in [2.75, 3.05) is 11.5 Å². The van der Waals surface area contributed by atoms with Gasteiger partial charge in [-0.1, -0.05) is 71.1 Å². The van der Waals surface area contributed by atoms with Gasteiger partial charge in [-0.05, 0) is 17.7 Å². The molecule has 0 N–H and O–H groups in total. The van der Waals surface area contributed by atoms with Gasteiger partial charge in [0.05, 0.1) is 12.2 Å². The highest BCUT2D eigenvalue weighted by molar-refractivity contribution is 14.1. The fraction of sp³-hybridized carbons (Fsp3) is 0.381. The number of methoxy groups -OCH3 is 1. The van der Waals surface area contributed by atoms with Crippen LogP contribution in [0, 0.1) is 0 Å². The summed E-state index contributed by atoms with van der Waals surface area (Å²) in [4.78, 5) is 12.6. The van der Waals surface area contributed by atoms with E-state index in [9.17, 15) is 4.79 Å². The van der Waals surface area contributed by atoms with Crippen molar-refractivity contribution in [2.45, 2.75) is 37.4 Å². The first-order valence-electron chi connectivity index (χ1n) is 8.94. The van der Waals surface area contributed by atoms with Gasteiger partial charge in [-0.15, -0.1) is 0 Å². The van der Waals surface area contributed by atoms with Gasteiger partial charge < -0.3 is 18.9 Å². The predicted molar refractivity (Wildman–Crippen MR) is 110 cm³/mol. The molecule has 1 fully saturated rings. The van der Waals surface area contributed by atoms with Crippen molar-refractivity contribution in [1.82, 2.24) is 0 Å². The Morgan fingerprint density at radius 1 is 1.07 bits per heavy atom. The SMILES string of the molecule is COC1O[C@H](CI)[C@@H](OC(=O)c2ccccc2)[C@H](OCc2ccccc2)[C@H]1F. The molecular weight excluding hydrogens is 478 g/mol. The molecule has 1 saturated heterocycles. The predicted octanol–water partition coefficient (Wildman–Crippen LogP) is 3.94. The Labute approximate surface area is 177 Å². The van der Waals surface area contributed by atoms with Gasteiger partial charge in [0.1, 0.15) is 12.2 Å². The number of ether oxygens (including phenoxy) is 4. The summed E-state index contributed by atoms with van der Waals surface area (Å²) in [5.41, 5.74) is 1.29. The topological polar surface area (TPSA) is 54.0 Å². The number of carbonyl (C=O) groups excluding carboxylic acids is 1. The molecule has 1 heterocycles. The number of esters is 1. The lowest BCUT2D eigenvalue weighted by atomic mass is 10.00. The second kappa shape index (κ2) is 10.3. The minimum absolute atomic E-state index is 0.190. The largest absolute Gasteiger partial charge is 0.453 e. The molecule has 1 aliphatic heterocycles. The first-order valence-corrected chi connectivity index (χ1v) is 10.5. The fourth-order valence-electron chi connectivity index (χ4n) is 3.04. The van der Waals surface area contributed by atoms with Crippen LogP contribution in [0.1, 0.15) is 15.9 Å². The number of halogens is 2. The Balaban J connectivity index is 1.79. The van der Waals surface area contributed by atoms with Crippen LogP contribution in [0.25, 0.3) is 0 Å². The molecule has 0 spiro atoms. The van der Waals surface area contributed by atoms with Gasteiger partial charge in [-0.3, -0.25) is 0 Å². The van der Waals surface area contributed by atoms with Crippen molar-refractivity contribution < 1.29 is 28.1 Å². The van der Waals surface area contributed by atoms with Crippen LogP contribution in [0.5, 0.6) is 0 Å². The molecule has 5 nitrogen and oxygen atoms in total. The van der Waals surface area contributed by atoms with Crippen molar-refractivity contribution in [3.05, 3.63) is 71.8 Å². The molecule has 3 rings (SSSR count). The van der Waals surface area contributed by atoms with Gasteiger partial charge in [-0.25, -0.2) is 9.18 Å². The van der Waals surface area contributed by atoms with Gasteiger partial charge in [-0.2, -0.15) is 0 Å². The van der Waals surface area contributed by atoms with Gasteiger partial charge in [0.2, 0.25) is 0 Å². The Morgan fingerprint density at radius 2 is 1.71 bits per heavy atom. The monoisotopic (exact) mass is 500 g/mol. The van der Waals surface area contributed by atoms with E-state index in [1.165, 1.54) is 7.11 Å². The number of carbonyl (C=O) groups is 1. The number of hydrogen-bond donors (Lipinski definition) is 0. The van der Waals surface area contributed by atoms with Crippen LogP contribution in [0.15, 0.2) is 60.7 Å². The Morgan fingerprint density at radius 3 is 2.32 bits per heavy atom. The van der Waals surface area contributed by atoms with E-state index in [0.29, 0.717) is 9.99 Å². The van der Waals surface area contributed by atoms with E-state index in [2.05, 4.69) is 22.6 Å². The van der Waals surface area contributed by atoms with E-state index >= 15 is 4.39 Å². The van der Waals surface area contributed by atoms with Crippen molar-refractivity contribution in [3.8, 4) is 0 Å². The maximum absolute atomic E-state index is 15.1. The van der Waals surface area contributed by atoms with E-state index in [0.717, 1.165) is 5.56 Å². The smallest absolute Gasteiger partial charge is 0.338 e. The van der Waals surface area contributed by atoms with Crippen molar-refractivity contribution in [2.24, 2.45) is 0 Å². The summed E-state index contributed by atoms with van der Waals surface area (Å²) in [6.07, 6.45) is -5.12. The van der Waals surface area contributed by atoms with E-state index in [1.807, 2.05) is 30.3 Å². The van der Waals surface area contributed by atoms with Crippen LogP contribution in [-0.4, -0.2) is 48.3 Å². The van der Waals surface area contributed by atoms with E-state index < -0.39 is 36.7 Å². The molecule has 0 radical (unpaired) electrons. The van der Waals surface area contributed by atoms with E-state index in [4.69, 9.17) is 18.9 Å². The molecule has 0 aliphatic carbocycles. The molecule has 7 heteroatoms. The Hall–Kier alpha value is -1.55. The molecule has 2 aromatic carbocycles. The molecule has 1 unspecified atom stereocenters. The molecule has 5 atom stereocenters. The average Bonchev–Trinajstić information content (AvgIpc) is 2.75. The summed E-state index contributed by atoms with van der Waals surface area (Å²) < 4.78 is 37.9. The summed E-state index contributed by atoms with van der Waals surface area (Å²) in [7, 11) is 1.38. The highest BCUT2D eigenvalue weighted by Crippen LogP contribution is 2.30. The fourth-order valence-corrected chi connectivity index (χ4v) is 3.75. The zero-order chi connectivity index (χ0) is 19.9. The van der Waals surface area contributed by atoms with Gasteiger partial charge >= 0.3 is 5.97 Å². The lowest BCUT2D eigenvalue weighted by Gasteiger charge is -2.42. The molecule has 2 aromatic rings. The van der Waals surface area contributed by atoms with Crippen LogP contribution < -0.4 is 0 Å². The molecule has 0 saturated carbocycles. The maximum Gasteiger partial charge on any atom is 0.338 e. The van der Waals surface area contributed by atoms with Crippen molar-refractivity contribution >= 4 is 28.6 Å². The number of benzene rings is 2. The highest BCUT2D eigenvalue weighted by Gasteiger charge is 2.49. The Kier molecular flexibility index (Phi) is 7.78. The number of rotatable bonds is 7. The minimum Gasteiger partial charge on any atom is -0.453 e. The first kappa shape index (κ1) is 21.2. The zero-order valence-corrected chi connectivity index (χ0v) is 17.5. The van der Waals surface area contributed by atoms with E-state index in [-0.39, 0.29) is 6.61 Å². The highest BCUT2D eigenvalue weighted by atomic mass is 127. The lowest BCUT2D eigenvalue weighted by Crippen LogP contribution is -2.59. The summed E-state index contributed by atoms with van der Waals surface area (Å²) in [5, 5.41) is 0. The maximum atomic E-state index is 15.1. The van der Waals surface area contributed by atoms with Gasteiger partial charge in [0.15, 0.2) is 18.6 Å². The lowest BCUT2D eigenvalue weighted by molar-refractivity contribution is -0.277. The third-order valence-electron chi connectivity index (χ3n) is 4.50. The van der Waals surface area contributed by atoms with E-state index in [1.54, 1.807) is 30.3 Å². The quantitative estimate of drug-likeness (QED) is 0.328. The molecule has 0 amide bonds. The first-order chi connectivity index (χ1) is 13.6. The normalized spacial score (nSPS) is 27.3. The average molecular weight is 500 g/mol. The summed E-state index contributed by atoms with van der Waals surface area (Å²) >= 11 is 2.12. The van der Waals surface area contributed by atoms with Crippen LogP contribution in [0.2, 0.25) is 0 Å². The molecule has 0 aromatic heterocycles. The van der Waals surface area contributed by atoms with Crippen molar-refractivity contribution in [3.63, 3.8) is 0 Å². The van der Waals surface area contributed by atoms with Gasteiger partial charge in [0, 0.05) is 11.5 Å². The summed E-state index contributed by atoms with van der Waals surface area (Å²) in [5.74, 6) is -0.541. The van der Waals surface area contributed by atoms with Crippen LogP contribution in [0.3, 0.4) is 0 Å². The number of hydrogen-bond acceptors (Lipinski definition) is 5. The molecule has 28 heavy (non-hydrogen) atoms. The summed E-state index contributed by atoms with van der Waals surface area (Å²) in [6.45, 7) is 0.190. The van der Waals surface area contributed by atoms with Gasteiger partial charge in [0.25, 0.3) is 0 Å². The Bertz CT molecular complexity index is 745. The second-order valence-electron chi connectivity index (χ2n) is 6.37. The minimum atomic E-state index is -1.60. The number of alkyl halides is 2. The third-order valence-corrected chi connectivity index (χ3v) is 5.36. The van der Waals surface area contributed by atoms with Crippen LogP contribution in [-0.2, 0) is 25.6 Å². The van der Waals surface area contributed by atoms with Crippen LogP contribution >= 0.6 is 22.6 Å². The molecule has 150 valence electrons. The molecule has 0 bridgehead atoms. The summed E-state index contributed by atoms with van der Waals surface area (Å²) in [6, 6.07) is 18.0. The zero-order valence-electron chi connectivity index (χ0n) is 15.4. The second-order valence-corrected chi connectivity index (χ2v) is 7.26. The molecule has 1 aliphatic rings.